The summed E-state index contributed by atoms with van der Waals surface area (Å²) in [4.78, 5) is 16.6. The number of carbonyl (C=O) groups excluding carboxylic acids is 1. The van der Waals surface area contributed by atoms with E-state index < -0.39 is 5.60 Å². The molecule has 0 saturated carbocycles. The van der Waals surface area contributed by atoms with Crippen molar-refractivity contribution in [2.75, 3.05) is 39.3 Å². The van der Waals surface area contributed by atoms with E-state index in [9.17, 15) is 14.3 Å². The molecule has 144 valence electrons. The van der Waals surface area contributed by atoms with E-state index >= 15 is 0 Å². The molecule has 0 aliphatic carbocycles. The van der Waals surface area contributed by atoms with Gasteiger partial charge in [-0.25, -0.2) is 4.39 Å². The number of rotatable bonds is 5. The lowest BCUT2D eigenvalue weighted by molar-refractivity contribution is -0.134. The van der Waals surface area contributed by atoms with Crippen molar-refractivity contribution in [2.24, 2.45) is 0 Å². The zero-order chi connectivity index (χ0) is 18.4. The molecule has 2 aliphatic heterocycles. The van der Waals surface area contributed by atoms with Gasteiger partial charge in [-0.2, -0.15) is 0 Å². The largest absolute Gasteiger partial charge is 0.491 e. The maximum absolute atomic E-state index is 13.0. The number of β-amino-alcohol motifs (C(OH)–C–C–N with tert-alkyl or cyclic N) is 1. The van der Waals surface area contributed by atoms with Crippen LogP contribution in [0.25, 0.3) is 0 Å². The highest BCUT2D eigenvalue weighted by Gasteiger charge is 2.35. The highest BCUT2D eigenvalue weighted by molar-refractivity contribution is 5.78. The molecule has 0 spiro atoms. The minimum absolute atomic E-state index is 0.146. The Bertz CT molecular complexity index is 587. The number of amides is 1. The van der Waals surface area contributed by atoms with Gasteiger partial charge < -0.3 is 14.7 Å². The van der Waals surface area contributed by atoms with Crippen molar-refractivity contribution in [1.82, 2.24) is 9.80 Å². The average Bonchev–Trinajstić information content (AvgIpc) is 2.91. The Morgan fingerprint density at radius 1 is 1.08 bits per heavy atom. The molecule has 2 fully saturated rings. The van der Waals surface area contributed by atoms with Crippen LogP contribution in [0.2, 0.25) is 0 Å². The molecule has 5 nitrogen and oxygen atoms in total. The Balaban J connectivity index is 1.50. The van der Waals surface area contributed by atoms with E-state index in [0.717, 1.165) is 38.9 Å². The third-order valence-electron chi connectivity index (χ3n) is 5.27. The molecule has 1 aromatic rings. The van der Waals surface area contributed by atoms with E-state index in [1.165, 1.54) is 25.0 Å². The number of hydrogen-bond acceptors (Lipinski definition) is 4. The molecule has 0 bridgehead atoms. The Hall–Kier alpha value is -1.66. The molecule has 1 atom stereocenters. The van der Waals surface area contributed by atoms with Gasteiger partial charge in [-0.05, 0) is 56.5 Å². The van der Waals surface area contributed by atoms with E-state index in [4.69, 9.17) is 4.74 Å². The number of nitrogens with zero attached hydrogens (tertiary/aromatic N) is 2. The van der Waals surface area contributed by atoms with Crippen molar-refractivity contribution >= 4 is 5.91 Å². The van der Waals surface area contributed by atoms with Crippen LogP contribution in [0.15, 0.2) is 24.3 Å². The first-order valence-corrected chi connectivity index (χ1v) is 9.65. The minimum Gasteiger partial charge on any atom is -0.491 e. The van der Waals surface area contributed by atoms with Crippen LogP contribution in [0, 0.1) is 5.82 Å². The maximum atomic E-state index is 13.0. The summed E-state index contributed by atoms with van der Waals surface area (Å²) in [6.45, 7) is 3.45. The van der Waals surface area contributed by atoms with Gasteiger partial charge in [0, 0.05) is 19.6 Å². The van der Waals surface area contributed by atoms with Crippen molar-refractivity contribution in [3.8, 4) is 5.75 Å². The second-order valence-corrected chi connectivity index (χ2v) is 7.58. The normalized spacial score (nSPS) is 24.9. The molecule has 1 N–H and O–H groups in total. The van der Waals surface area contributed by atoms with Gasteiger partial charge in [0.15, 0.2) is 0 Å². The SMILES string of the molecule is O=C(CN1CCCC(O)(COc2ccc(F)cc2)C1)N1CCCCCC1. The van der Waals surface area contributed by atoms with Crippen LogP contribution in [-0.2, 0) is 4.79 Å². The van der Waals surface area contributed by atoms with E-state index in [1.807, 2.05) is 9.80 Å². The van der Waals surface area contributed by atoms with Crippen LogP contribution in [0.4, 0.5) is 4.39 Å². The van der Waals surface area contributed by atoms with Crippen molar-refractivity contribution in [1.29, 1.82) is 0 Å². The smallest absolute Gasteiger partial charge is 0.236 e. The number of ether oxygens (including phenoxy) is 1. The summed E-state index contributed by atoms with van der Waals surface area (Å²) < 4.78 is 18.6. The third-order valence-corrected chi connectivity index (χ3v) is 5.27. The van der Waals surface area contributed by atoms with Crippen LogP contribution >= 0.6 is 0 Å². The molecule has 2 heterocycles. The summed E-state index contributed by atoms with van der Waals surface area (Å²) in [5.41, 5.74) is -0.980. The lowest BCUT2D eigenvalue weighted by Crippen LogP contribution is -2.54. The number of likely N-dealkylation sites (tertiary alicyclic amines) is 2. The predicted molar refractivity (Wildman–Crippen MR) is 97.6 cm³/mol. The van der Waals surface area contributed by atoms with Crippen LogP contribution in [-0.4, -0.2) is 65.7 Å². The predicted octanol–water partition coefficient (Wildman–Crippen LogP) is 2.43. The number of carbonyl (C=O) groups is 1. The second kappa shape index (κ2) is 8.82. The van der Waals surface area contributed by atoms with Crippen molar-refractivity contribution in [3.63, 3.8) is 0 Å². The number of piperidine rings is 1. The zero-order valence-electron chi connectivity index (χ0n) is 15.3. The molecule has 26 heavy (non-hydrogen) atoms. The van der Waals surface area contributed by atoms with Gasteiger partial charge >= 0.3 is 0 Å². The average molecular weight is 364 g/mol. The van der Waals surface area contributed by atoms with Crippen LogP contribution in [0.5, 0.6) is 5.75 Å². The van der Waals surface area contributed by atoms with Crippen LogP contribution < -0.4 is 4.74 Å². The molecule has 6 heteroatoms. The van der Waals surface area contributed by atoms with Crippen molar-refractivity contribution in [3.05, 3.63) is 30.1 Å². The highest BCUT2D eigenvalue weighted by atomic mass is 19.1. The molecular formula is C20H29FN2O3. The van der Waals surface area contributed by atoms with E-state index in [1.54, 1.807) is 12.1 Å². The number of halogens is 1. The summed E-state index contributed by atoms with van der Waals surface area (Å²) >= 11 is 0. The molecule has 1 unspecified atom stereocenters. The lowest BCUT2D eigenvalue weighted by Gasteiger charge is -2.39. The summed E-state index contributed by atoms with van der Waals surface area (Å²) in [6, 6.07) is 5.79. The van der Waals surface area contributed by atoms with Crippen molar-refractivity contribution in [2.45, 2.75) is 44.1 Å². The van der Waals surface area contributed by atoms with Gasteiger partial charge in [0.05, 0.1) is 6.54 Å². The topological polar surface area (TPSA) is 53.0 Å². The molecule has 2 aliphatic rings. The first-order chi connectivity index (χ1) is 12.5. The highest BCUT2D eigenvalue weighted by Crippen LogP contribution is 2.23. The van der Waals surface area contributed by atoms with E-state index in [-0.39, 0.29) is 18.3 Å². The molecule has 0 aromatic heterocycles. The fourth-order valence-corrected chi connectivity index (χ4v) is 3.82. The van der Waals surface area contributed by atoms with E-state index in [0.29, 0.717) is 25.3 Å². The summed E-state index contributed by atoms with van der Waals surface area (Å²) in [5, 5.41) is 10.9. The Morgan fingerprint density at radius 2 is 1.77 bits per heavy atom. The monoisotopic (exact) mass is 364 g/mol. The van der Waals surface area contributed by atoms with Gasteiger partial charge in [0.25, 0.3) is 0 Å². The summed E-state index contributed by atoms with van der Waals surface area (Å²) in [7, 11) is 0. The first-order valence-electron chi connectivity index (χ1n) is 9.65. The van der Waals surface area contributed by atoms with E-state index in [2.05, 4.69) is 0 Å². The van der Waals surface area contributed by atoms with Crippen molar-refractivity contribution < 1.29 is 19.0 Å². The lowest BCUT2D eigenvalue weighted by atomic mass is 9.93. The Labute approximate surface area is 154 Å². The molecule has 1 aromatic carbocycles. The fourth-order valence-electron chi connectivity index (χ4n) is 3.82. The number of aliphatic hydroxyl groups is 1. The molecule has 0 radical (unpaired) electrons. The third kappa shape index (κ3) is 5.42. The van der Waals surface area contributed by atoms with Crippen LogP contribution in [0.1, 0.15) is 38.5 Å². The Morgan fingerprint density at radius 3 is 2.46 bits per heavy atom. The molecular weight excluding hydrogens is 335 g/mol. The summed E-state index contributed by atoms with van der Waals surface area (Å²) in [6.07, 6.45) is 6.05. The Kier molecular flexibility index (Phi) is 6.48. The first kappa shape index (κ1) is 19.1. The van der Waals surface area contributed by atoms with Gasteiger partial charge in [-0.15, -0.1) is 0 Å². The van der Waals surface area contributed by atoms with Gasteiger partial charge in [-0.3, -0.25) is 9.69 Å². The molecule has 1 amide bonds. The zero-order valence-corrected chi connectivity index (χ0v) is 15.3. The molecule has 2 saturated heterocycles. The summed E-state index contributed by atoms with van der Waals surface area (Å²) in [5.74, 6) is 0.389. The standard InChI is InChI=1S/C20H29FN2O3/c21-17-6-8-18(9-7-17)26-16-20(25)10-5-11-22(15-20)14-19(24)23-12-3-1-2-4-13-23/h6-9,25H,1-5,10-16H2. The van der Waals surface area contributed by atoms with Gasteiger partial charge in [0.2, 0.25) is 5.91 Å². The van der Waals surface area contributed by atoms with Gasteiger partial charge in [-0.1, -0.05) is 12.8 Å². The van der Waals surface area contributed by atoms with Gasteiger partial charge in [0.1, 0.15) is 23.8 Å². The van der Waals surface area contributed by atoms with Crippen LogP contribution in [0.3, 0.4) is 0 Å². The molecule has 3 rings (SSSR count). The number of benzene rings is 1. The second-order valence-electron chi connectivity index (χ2n) is 7.58. The minimum atomic E-state index is -0.980. The quantitative estimate of drug-likeness (QED) is 0.872. The fraction of sp³-hybridized carbons (Fsp3) is 0.650. The number of hydrogen-bond donors (Lipinski definition) is 1. The maximum Gasteiger partial charge on any atom is 0.236 e.